The minimum atomic E-state index is -0.0921. The van der Waals surface area contributed by atoms with Gasteiger partial charge in [-0.1, -0.05) is 42.0 Å². The molecule has 0 atom stereocenters. The number of hydrogen-bond donors (Lipinski definition) is 1. The van der Waals surface area contributed by atoms with Gasteiger partial charge in [0.15, 0.2) is 0 Å². The Kier molecular flexibility index (Phi) is 6.91. The van der Waals surface area contributed by atoms with Gasteiger partial charge >= 0.3 is 0 Å². The Labute approximate surface area is 173 Å². The summed E-state index contributed by atoms with van der Waals surface area (Å²) in [4.78, 5) is 27.2. The van der Waals surface area contributed by atoms with Gasteiger partial charge < -0.3 is 15.0 Å². The summed E-state index contributed by atoms with van der Waals surface area (Å²) in [7, 11) is 0. The van der Waals surface area contributed by atoms with Crippen molar-refractivity contribution >= 4 is 17.5 Å². The van der Waals surface area contributed by atoms with E-state index in [-0.39, 0.29) is 23.8 Å². The first-order valence-corrected chi connectivity index (χ1v) is 10.3. The quantitative estimate of drug-likeness (QED) is 0.799. The minimum Gasteiger partial charge on any atom is -0.489 e. The number of piperidine rings is 1. The van der Waals surface area contributed by atoms with Crippen LogP contribution in [-0.4, -0.2) is 35.9 Å². The number of para-hydroxylation sites is 2. The van der Waals surface area contributed by atoms with Gasteiger partial charge in [0.05, 0.1) is 18.2 Å². The molecule has 1 fully saturated rings. The van der Waals surface area contributed by atoms with Crippen LogP contribution < -0.4 is 10.1 Å². The third-order valence-electron chi connectivity index (χ3n) is 5.20. The molecule has 1 N–H and O–H groups in total. The van der Waals surface area contributed by atoms with Crippen molar-refractivity contribution in [1.29, 1.82) is 0 Å². The number of benzene rings is 2. The van der Waals surface area contributed by atoms with E-state index < -0.39 is 0 Å². The van der Waals surface area contributed by atoms with Crippen molar-refractivity contribution in [3.8, 4) is 5.75 Å². The Morgan fingerprint density at radius 1 is 1.07 bits per heavy atom. The van der Waals surface area contributed by atoms with Crippen LogP contribution in [0.3, 0.4) is 0 Å². The van der Waals surface area contributed by atoms with Gasteiger partial charge in [-0.2, -0.15) is 0 Å². The van der Waals surface area contributed by atoms with Crippen molar-refractivity contribution in [3.63, 3.8) is 0 Å². The van der Waals surface area contributed by atoms with Crippen LogP contribution in [0.25, 0.3) is 0 Å². The van der Waals surface area contributed by atoms with Gasteiger partial charge in [-0.05, 0) is 51.3 Å². The second kappa shape index (κ2) is 9.59. The smallest absolute Gasteiger partial charge is 0.227 e. The molecule has 3 rings (SSSR count). The number of rotatable bonds is 6. The summed E-state index contributed by atoms with van der Waals surface area (Å²) in [5, 5.41) is 3.01. The fourth-order valence-electron chi connectivity index (χ4n) is 3.54. The molecule has 5 nitrogen and oxygen atoms in total. The minimum absolute atomic E-state index is 0.00422. The van der Waals surface area contributed by atoms with Gasteiger partial charge in [0, 0.05) is 19.0 Å². The second-order valence-corrected chi connectivity index (χ2v) is 7.97. The molecule has 29 heavy (non-hydrogen) atoms. The lowest BCUT2D eigenvalue weighted by Gasteiger charge is -2.31. The van der Waals surface area contributed by atoms with Crippen molar-refractivity contribution in [3.05, 3.63) is 59.7 Å². The summed E-state index contributed by atoms with van der Waals surface area (Å²) in [6, 6.07) is 15.6. The van der Waals surface area contributed by atoms with Crippen LogP contribution in [-0.2, 0) is 16.0 Å². The monoisotopic (exact) mass is 394 g/mol. The number of likely N-dealkylation sites (tertiary alicyclic amines) is 1. The average Bonchev–Trinajstić information content (AvgIpc) is 2.71. The number of amides is 2. The van der Waals surface area contributed by atoms with E-state index in [0.29, 0.717) is 43.8 Å². The zero-order valence-electron chi connectivity index (χ0n) is 17.5. The van der Waals surface area contributed by atoms with Crippen molar-refractivity contribution in [2.45, 2.75) is 46.1 Å². The normalized spacial score (nSPS) is 14.7. The molecular weight excluding hydrogens is 364 g/mol. The molecule has 1 aliphatic rings. The molecule has 0 aromatic heterocycles. The molecule has 1 saturated heterocycles. The highest BCUT2D eigenvalue weighted by Crippen LogP contribution is 2.27. The van der Waals surface area contributed by atoms with Gasteiger partial charge in [0.1, 0.15) is 5.75 Å². The van der Waals surface area contributed by atoms with E-state index >= 15 is 0 Å². The lowest BCUT2D eigenvalue weighted by Crippen LogP contribution is -2.42. The Bertz CT molecular complexity index is 837. The molecule has 2 aromatic rings. The van der Waals surface area contributed by atoms with Crippen LogP contribution in [0, 0.1) is 12.8 Å². The van der Waals surface area contributed by atoms with Gasteiger partial charge in [-0.3, -0.25) is 9.59 Å². The number of carbonyl (C=O) groups excluding carboxylic acids is 2. The third-order valence-corrected chi connectivity index (χ3v) is 5.20. The Morgan fingerprint density at radius 2 is 1.72 bits per heavy atom. The van der Waals surface area contributed by atoms with Crippen molar-refractivity contribution in [2.24, 2.45) is 5.92 Å². The Morgan fingerprint density at radius 3 is 2.38 bits per heavy atom. The van der Waals surface area contributed by atoms with E-state index in [4.69, 9.17) is 4.74 Å². The largest absolute Gasteiger partial charge is 0.489 e. The molecule has 2 amide bonds. The lowest BCUT2D eigenvalue weighted by atomic mass is 9.95. The summed E-state index contributed by atoms with van der Waals surface area (Å²) in [6.45, 7) is 7.19. The average molecular weight is 395 g/mol. The Hall–Kier alpha value is -2.82. The van der Waals surface area contributed by atoms with Crippen molar-refractivity contribution in [2.75, 3.05) is 18.4 Å². The highest BCUT2D eigenvalue weighted by molar-refractivity contribution is 5.94. The van der Waals surface area contributed by atoms with Gasteiger partial charge in [0.25, 0.3) is 0 Å². The van der Waals surface area contributed by atoms with Crippen LogP contribution in [0.2, 0.25) is 0 Å². The van der Waals surface area contributed by atoms with Crippen LogP contribution in [0.15, 0.2) is 48.5 Å². The fourth-order valence-corrected chi connectivity index (χ4v) is 3.54. The maximum Gasteiger partial charge on any atom is 0.227 e. The molecule has 0 spiro atoms. The lowest BCUT2D eigenvalue weighted by molar-refractivity contribution is -0.133. The second-order valence-electron chi connectivity index (χ2n) is 7.97. The van der Waals surface area contributed by atoms with Crippen LogP contribution in [0.5, 0.6) is 5.75 Å². The summed E-state index contributed by atoms with van der Waals surface area (Å²) >= 11 is 0. The predicted octanol–water partition coefficient (Wildman–Crippen LogP) is 4.20. The number of nitrogens with zero attached hydrogens (tertiary/aromatic N) is 1. The summed E-state index contributed by atoms with van der Waals surface area (Å²) in [6.07, 6.45) is 1.81. The molecule has 1 aliphatic heterocycles. The number of ether oxygens (including phenoxy) is 1. The van der Waals surface area contributed by atoms with Crippen LogP contribution in [0.1, 0.15) is 37.8 Å². The number of carbonyl (C=O) groups is 2. The van der Waals surface area contributed by atoms with Gasteiger partial charge in [0.2, 0.25) is 11.8 Å². The predicted molar refractivity (Wildman–Crippen MR) is 115 cm³/mol. The Balaban J connectivity index is 1.52. The van der Waals surface area contributed by atoms with Crippen LogP contribution >= 0.6 is 0 Å². The van der Waals surface area contributed by atoms with Crippen molar-refractivity contribution < 1.29 is 14.3 Å². The first-order chi connectivity index (χ1) is 13.9. The number of nitrogens with one attached hydrogen (secondary N) is 1. The van der Waals surface area contributed by atoms with E-state index in [0.717, 1.165) is 5.56 Å². The third kappa shape index (κ3) is 5.83. The first kappa shape index (κ1) is 20.9. The maximum atomic E-state index is 12.7. The van der Waals surface area contributed by atoms with E-state index in [1.807, 2.05) is 74.2 Å². The molecule has 0 unspecified atom stereocenters. The first-order valence-electron chi connectivity index (χ1n) is 10.3. The molecule has 0 aliphatic carbocycles. The van der Waals surface area contributed by atoms with Gasteiger partial charge in [-0.25, -0.2) is 0 Å². The molecule has 154 valence electrons. The van der Waals surface area contributed by atoms with Gasteiger partial charge in [-0.15, -0.1) is 0 Å². The highest BCUT2D eigenvalue weighted by Gasteiger charge is 2.27. The maximum absolute atomic E-state index is 12.7. The number of anilines is 1. The van der Waals surface area contributed by atoms with Crippen molar-refractivity contribution in [1.82, 2.24) is 4.90 Å². The zero-order chi connectivity index (χ0) is 20.8. The number of aryl methyl sites for hydroxylation is 1. The fraction of sp³-hybridized carbons (Fsp3) is 0.417. The van der Waals surface area contributed by atoms with Crippen LogP contribution in [0.4, 0.5) is 5.69 Å². The molecular formula is C24H30N2O3. The summed E-state index contributed by atoms with van der Waals surface area (Å²) in [5.41, 5.74) is 2.92. The van der Waals surface area contributed by atoms with E-state index in [1.165, 1.54) is 5.56 Å². The molecule has 0 saturated carbocycles. The van der Waals surface area contributed by atoms with E-state index in [1.54, 1.807) is 0 Å². The van der Waals surface area contributed by atoms with E-state index in [9.17, 15) is 9.59 Å². The molecule has 0 bridgehead atoms. The molecule has 2 aromatic carbocycles. The topological polar surface area (TPSA) is 58.6 Å². The summed E-state index contributed by atoms with van der Waals surface area (Å²) in [5.74, 6) is 0.714. The SMILES string of the molecule is Cc1ccc(CC(=O)N2CCC(C(=O)Nc3ccccc3OC(C)C)CC2)cc1. The number of hydrogen-bond acceptors (Lipinski definition) is 3. The summed E-state index contributed by atoms with van der Waals surface area (Å²) < 4.78 is 5.78. The standard InChI is InChI=1S/C24H30N2O3/c1-17(2)29-22-7-5-4-6-21(22)25-24(28)20-12-14-26(15-13-20)23(27)16-19-10-8-18(3)9-11-19/h4-11,17,20H,12-16H2,1-3H3,(H,25,28). The molecule has 5 heteroatoms. The molecule has 1 heterocycles. The zero-order valence-corrected chi connectivity index (χ0v) is 17.5. The molecule has 0 radical (unpaired) electrons. The highest BCUT2D eigenvalue weighted by atomic mass is 16.5. The van der Waals surface area contributed by atoms with E-state index in [2.05, 4.69) is 5.32 Å².